The number of benzene rings is 1. The van der Waals surface area contributed by atoms with Gasteiger partial charge in [0.05, 0.1) is 18.0 Å². The lowest BCUT2D eigenvalue weighted by Crippen LogP contribution is -2.73. The molecule has 0 bridgehead atoms. The van der Waals surface area contributed by atoms with Gasteiger partial charge in [0.15, 0.2) is 0 Å². The van der Waals surface area contributed by atoms with E-state index in [2.05, 4.69) is 23.1 Å². The number of carbonyl (C=O) groups is 1. The molecule has 1 amide bonds. The third-order valence-corrected chi connectivity index (χ3v) is 8.16. The molecule has 2 aliphatic heterocycles. The van der Waals surface area contributed by atoms with Gasteiger partial charge in [-0.15, -0.1) is 0 Å². The Bertz CT molecular complexity index is 1040. The van der Waals surface area contributed by atoms with E-state index in [1.807, 2.05) is 43.9 Å². The lowest BCUT2D eigenvalue weighted by atomic mass is 9.84. The number of rotatable bonds is 6. The van der Waals surface area contributed by atoms with E-state index in [1.54, 1.807) is 0 Å². The van der Waals surface area contributed by atoms with Crippen molar-refractivity contribution in [3.8, 4) is 6.07 Å². The number of nitrogens with two attached hydrogens (primary N) is 1. The van der Waals surface area contributed by atoms with Gasteiger partial charge in [0.1, 0.15) is 5.60 Å². The summed E-state index contributed by atoms with van der Waals surface area (Å²) in [5.74, 6) is 0.312. The molecule has 2 atom stereocenters. The Morgan fingerprint density at radius 2 is 1.85 bits per heavy atom. The first-order valence-corrected chi connectivity index (χ1v) is 13.4. The molecule has 0 aromatic heterocycles. The van der Waals surface area contributed by atoms with E-state index in [0.29, 0.717) is 19.0 Å². The van der Waals surface area contributed by atoms with E-state index in [9.17, 15) is 18.5 Å². The van der Waals surface area contributed by atoms with Crippen LogP contribution in [-0.2, 0) is 14.9 Å². The van der Waals surface area contributed by atoms with Crippen molar-refractivity contribution in [2.24, 2.45) is 5.14 Å². The molecule has 1 aromatic carbocycles. The molecule has 34 heavy (non-hydrogen) atoms. The standard InChI is InChI=1S/C24H35N5O4S/c1-23(2,3)33-22(30)29(21-15-20(21)18-7-5-4-6-8-18)19-9-13-27(14-10-19)24(11-12-25)16-28(17-24)34(26,31)32/h4-8,19-21H,9-11,13-17H2,1-3H3,(H2,26,31,32)/t20-,21+/m0/s1. The van der Waals surface area contributed by atoms with Crippen molar-refractivity contribution in [2.75, 3.05) is 26.2 Å². The van der Waals surface area contributed by atoms with Gasteiger partial charge in [0.25, 0.3) is 10.2 Å². The highest BCUT2D eigenvalue weighted by molar-refractivity contribution is 7.86. The van der Waals surface area contributed by atoms with Crippen LogP contribution in [0.2, 0.25) is 0 Å². The van der Waals surface area contributed by atoms with E-state index in [4.69, 9.17) is 9.88 Å². The number of likely N-dealkylation sites (tertiary alicyclic amines) is 1. The molecule has 1 saturated carbocycles. The van der Waals surface area contributed by atoms with Crippen molar-refractivity contribution in [1.82, 2.24) is 14.1 Å². The molecule has 3 aliphatic rings. The summed E-state index contributed by atoms with van der Waals surface area (Å²) in [4.78, 5) is 17.4. The van der Waals surface area contributed by atoms with Crippen molar-refractivity contribution in [3.63, 3.8) is 0 Å². The highest BCUT2D eigenvalue weighted by atomic mass is 32.2. The molecule has 1 aliphatic carbocycles. The highest BCUT2D eigenvalue weighted by Crippen LogP contribution is 2.47. The van der Waals surface area contributed by atoms with E-state index >= 15 is 0 Å². The van der Waals surface area contributed by atoms with E-state index in [0.717, 1.165) is 19.3 Å². The number of ether oxygens (including phenoxy) is 1. The van der Waals surface area contributed by atoms with E-state index < -0.39 is 21.3 Å². The van der Waals surface area contributed by atoms with Crippen LogP contribution < -0.4 is 5.14 Å². The highest BCUT2D eigenvalue weighted by Gasteiger charge is 2.53. The Hall–Kier alpha value is -2.19. The van der Waals surface area contributed by atoms with E-state index in [-0.39, 0.29) is 37.7 Å². The molecule has 0 unspecified atom stereocenters. The zero-order valence-electron chi connectivity index (χ0n) is 20.2. The fourth-order valence-electron chi connectivity index (χ4n) is 5.40. The van der Waals surface area contributed by atoms with Crippen molar-refractivity contribution in [1.29, 1.82) is 5.26 Å². The average molecular weight is 490 g/mol. The summed E-state index contributed by atoms with van der Waals surface area (Å²) in [6, 6.07) is 12.6. The lowest BCUT2D eigenvalue weighted by molar-refractivity contribution is -0.0411. The summed E-state index contributed by atoms with van der Waals surface area (Å²) >= 11 is 0. The predicted molar refractivity (Wildman–Crippen MR) is 128 cm³/mol. The Balaban J connectivity index is 1.46. The normalized spacial score (nSPS) is 25.7. The van der Waals surface area contributed by atoms with Crippen LogP contribution in [0.25, 0.3) is 0 Å². The summed E-state index contributed by atoms with van der Waals surface area (Å²) in [7, 11) is -3.75. The van der Waals surface area contributed by atoms with Crippen molar-refractivity contribution >= 4 is 16.3 Å². The maximum atomic E-state index is 13.3. The van der Waals surface area contributed by atoms with Crippen LogP contribution in [0.15, 0.2) is 30.3 Å². The fourth-order valence-corrected chi connectivity index (χ4v) is 6.24. The van der Waals surface area contributed by atoms with Crippen LogP contribution in [0.4, 0.5) is 4.79 Å². The van der Waals surface area contributed by atoms with Gasteiger partial charge in [-0.1, -0.05) is 30.3 Å². The second-order valence-corrected chi connectivity index (χ2v) is 12.3. The van der Waals surface area contributed by atoms with Crippen molar-refractivity contribution < 1.29 is 17.9 Å². The van der Waals surface area contributed by atoms with Gasteiger partial charge in [-0.2, -0.15) is 18.0 Å². The molecule has 186 valence electrons. The van der Waals surface area contributed by atoms with Crippen LogP contribution >= 0.6 is 0 Å². The van der Waals surface area contributed by atoms with Gasteiger partial charge in [0.2, 0.25) is 0 Å². The van der Waals surface area contributed by atoms with Crippen LogP contribution in [0, 0.1) is 11.3 Å². The Kier molecular flexibility index (Phi) is 6.68. The van der Waals surface area contributed by atoms with Gasteiger partial charge in [-0.25, -0.2) is 9.93 Å². The van der Waals surface area contributed by atoms with Crippen LogP contribution in [-0.4, -0.2) is 78.0 Å². The van der Waals surface area contributed by atoms with Crippen LogP contribution in [0.3, 0.4) is 0 Å². The average Bonchev–Trinajstić information content (AvgIpc) is 3.50. The minimum atomic E-state index is -3.75. The largest absolute Gasteiger partial charge is 0.444 e. The first-order chi connectivity index (χ1) is 15.9. The minimum absolute atomic E-state index is 0.0402. The molecule has 3 fully saturated rings. The van der Waals surface area contributed by atoms with Crippen molar-refractivity contribution in [3.05, 3.63) is 35.9 Å². The fraction of sp³-hybridized carbons (Fsp3) is 0.667. The zero-order chi connectivity index (χ0) is 24.7. The Labute approximate surface area is 202 Å². The molecule has 2 N–H and O–H groups in total. The number of carbonyl (C=O) groups excluding carboxylic acids is 1. The van der Waals surface area contributed by atoms with Gasteiger partial charge in [-0.05, 0) is 45.6 Å². The van der Waals surface area contributed by atoms with Gasteiger partial charge in [0, 0.05) is 44.2 Å². The molecule has 4 rings (SSSR count). The third kappa shape index (κ3) is 5.23. The second kappa shape index (κ2) is 9.11. The number of piperidine rings is 1. The summed E-state index contributed by atoms with van der Waals surface area (Å²) in [6.45, 7) is 7.49. The van der Waals surface area contributed by atoms with Crippen molar-refractivity contribution in [2.45, 2.75) is 75.6 Å². The first-order valence-electron chi connectivity index (χ1n) is 11.9. The molecule has 2 saturated heterocycles. The molecule has 0 spiro atoms. The molecule has 10 heteroatoms. The Morgan fingerprint density at radius 1 is 1.24 bits per heavy atom. The number of amides is 1. The molecule has 9 nitrogen and oxygen atoms in total. The molecule has 2 heterocycles. The summed E-state index contributed by atoms with van der Waals surface area (Å²) in [5, 5.41) is 14.7. The SMILES string of the molecule is CC(C)(C)OC(=O)N(C1CCN(C2(CC#N)CN(S(N)(=O)=O)C2)CC1)[C@@H]1C[C@H]1c1ccccc1. The predicted octanol–water partition coefficient (Wildman–Crippen LogP) is 2.42. The van der Waals surface area contributed by atoms with Crippen LogP contribution in [0.1, 0.15) is 57.9 Å². The smallest absolute Gasteiger partial charge is 0.410 e. The van der Waals surface area contributed by atoms with Gasteiger partial charge >= 0.3 is 6.09 Å². The van der Waals surface area contributed by atoms with Gasteiger partial charge in [-0.3, -0.25) is 4.90 Å². The summed E-state index contributed by atoms with van der Waals surface area (Å²) in [6.07, 6.45) is 2.40. The molecule has 0 radical (unpaired) electrons. The minimum Gasteiger partial charge on any atom is -0.444 e. The molecule has 1 aromatic rings. The van der Waals surface area contributed by atoms with Gasteiger partial charge < -0.3 is 9.64 Å². The number of hydrogen-bond acceptors (Lipinski definition) is 6. The Morgan fingerprint density at radius 3 is 2.38 bits per heavy atom. The lowest BCUT2D eigenvalue weighted by Gasteiger charge is -2.55. The number of nitrogens with zero attached hydrogens (tertiary/aromatic N) is 4. The quantitative estimate of drug-likeness (QED) is 0.655. The maximum absolute atomic E-state index is 13.3. The third-order valence-electron chi connectivity index (χ3n) is 7.18. The van der Waals surface area contributed by atoms with Crippen LogP contribution in [0.5, 0.6) is 0 Å². The number of nitriles is 1. The van der Waals surface area contributed by atoms with E-state index in [1.165, 1.54) is 9.87 Å². The summed E-state index contributed by atoms with van der Waals surface area (Å²) < 4.78 is 30.4. The monoisotopic (exact) mass is 489 g/mol. The molecular formula is C24H35N5O4S. The zero-order valence-corrected chi connectivity index (χ0v) is 21.0. The molecular weight excluding hydrogens is 454 g/mol. The topological polar surface area (TPSA) is 120 Å². The second-order valence-electron chi connectivity index (χ2n) is 10.8. The maximum Gasteiger partial charge on any atom is 0.410 e. The summed E-state index contributed by atoms with van der Waals surface area (Å²) in [5.41, 5.74) is 0.159. The number of hydrogen-bond donors (Lipinski definition) is 1. The first kappa shape index (κ1) is 24.9.